The van der Waals surface area contributed by atoms with Gasteiger partial charge in [0.05, 0.1) is 5.92 Å². The summed E-state index contributed by atoms with van der Waals surface area (Å²) >= 11 is 0. The van der Waals surface area contributed by atoms with Crippen molar-refractivity contribution in [1.29, 1.82) is 0 Å². The van der Waals surface area contributed by atoms with Crippen molar-refractivity contribution in [2.75, 3.05) is 26.2 Å². The molecule has 0 spiro atoms. The van der Waals surface area contributed by atoms with Gasteiger partial charge < -0.3 is 10.2 Å². The van der Waals surface area contributed by atoms with Crippen molar-refractivity contribution in [1.82, 2.24) is 10.2 Å². The lowest BCUT2D eigenvalue weighted by molar-refractivity contribution is -0.182. The zero-order valence-corrected chi connectivity index (χ0v) is 12.4. The fourth-order valence-electron chi connectivity index (χ4n) is 3.46. The van der Waals surface area contributed by atoms with E-state index in [0.29, 0.717) is 37.6 Å². The molecule has 0 unspecified atom stereocenters. The summed E-state index contributed by atoms with van der Waals surface area (Å²) in [4.78, 5) is 2.46. The van der Waals surface area contributed by atoms with E-state index in [1.807, 2.05) is 0 Å². The van der Waals surface area contributed by atoms with Crippen LogP contribution in [0.5, 0.6) is 0 Å². The summed E-state index contributed by atoms with van der Waals surface area (Å²) in [7, 11) is 0. The predicted octanol–water partition coefficient (Wildman–Crippen LogP) is 3.43. The van der Waals surface area contributed by atoms with Crippen LogP contribution in [0.2, 0.25) is 0 Å². The van der Waals surface area contributed by atoms with Gasteiger partial charge >= 0.3 is 6.18 Å². The van der Waals surface area contributed by atoms with Gasteiger partial charge in [-0.3, -0.25) is 0 Å². The molecule has 20 heavy (non-hydrogen) atoms. The molecule has 1 saturated carbocycles. The molecule has 2 aliphatic rings. The van der Waals surface area contributed by atoms with Crippen LogP contribution >= 0.6 is 0 Å². The van der Waals surface area contributed by atoms with E-state index in [-0.39, 0.29) is 0 Å². The average molecular weight is 292 g/mol. The smallest absolute Gasteiger partial charge is 0.314 e. The van der Waals surface area contributed by atoms with Crippen LogP contribution in [0.15, 0.2) is 0 Å². The molecule has 0 bridgehead atoms. The van der Waals surface area contributed by atoms with Crippen LogP contribution in [0.3, 0.4) is 0 Å². The Morgan fingerprint density at radius 2 is 1.60 bits per heavy atom. The third-order valence-electron chi connectivity index (χ3n) is 5.04. The normalized spacial score (nSPS) is 30.6. The van der Waals surface area contributed by atoms with Crippen LogP contribution in [0.1, 0.15) is 45.4 Å². The maximum absolute atomic E-state index is 12.6. The van der Waals surface area contributed by atoms with Crippen LogP contribution in [-0.4, -0.2) is 43.3 Å². The van der Waals surface area contributed by atoms with E-state index in [2.05, 4.69) is 17.1 Å². The molecule has 2 nitrogen and oxygen atoms in total. The van der Waals surface area contributed by atoms with Gasteiger partial charge in [0.1, 0.15) is 0 Å². The van der Waals surface area contributed by atoms with Gasteiger partial charge in [0.25, 0.3) is 0 Å². The molecule has 0 atom stereocenters. The van der Waals surface area contributed by atoms with Gasteiger partial charge in [0.15, 0.2) is 0 Å². The summed E-state index contributed by atoms with van der Waals surface area (Å²) in [5, 5.41) is 3.51. The standard InChI is InChI=1S/C15H27F3N2/c1-2-20-9-7-12(8-10-20)11-19-14-5-3-13(4-6-14)15(16,17)18/h12-14,19H,2-11H2,1H3. The first-order valence-electron chi connectivity index (χ1n) is 8.01. The van der Waals surface area contributed by atoms with Crippen LogP contribution in [0.25, 0.3) is 0 Å². The van der Waals surface area contributed by atoms with E-state index >= 15 is 0 Å². The van der Waals surface area contributed by atoms with E-state index in [0.717, 1.165) is 13.1 Å². The fraction of sp³-hybridized carbons (Fsp3) is 1.00. The maximum Gasteiger partial charge on any atom is 0.391 e. The second-order valence-corrected chi connectivity index (χ2v) is 6.38. The molecule has 5 heteroatoms. The molecule has 0 radical (unpaired) electrons. The minimum atomic E-state index is -3.99. The minimum Gasteiger partial charge on any atom is -0.314 e. The van der Waals surface area contributed by atoms with Crippen molar-refractivity contribution in [3.05, 3.63) is 0 Å². The second kappa shape index (κ2) is 7.12. The highest BCUT2D eigenvalue weighted by atomic mass is 19.4. The highest BCUT2D eigenvalue weighted by Crippen LogP contribution is 2.37. The number of hydrogen-bond donors (Lipinski definition) is 1. The molecule has 1 aliphatic carbocycles. The van der Waals surface area contributed by atoms with Gasteiger partial charge in [-0.25, -0.2) is 0 Å². The van der Waals surface area contributed by atoms with Crippen LogP contribution < -0.4 is 5.32 Å². The lowest BCUT2D eigenvalue weighted by atomic mass is 9.85. The molecule has 0 aromatic heterocycles. The highest BCUT2D eigenvalue weighted by Gasteiger charge is 2.41. The van der Waals surface area contributed by atoms with Crippen molar-refractivity contribution >= 4 is 0 Å². The summed E-state index contributed by atoms with van der Waals surface area (Å²) in [6.07, 6.45) is 0.413. The number of piperidine rings is 1. The average Bonchev–Trinajstić information content (AvgIpc) is 2.45. The SMILES string of the molecule is CCN1CCC(CNC2CCC(C(F)(F)F)CC2)CC1. The molecule has 1 saturated heterocycles. The number of alkyl halides is 3. The largest absolute Gasteiger partial charge is 0.391 e. The number of likely N-dealkylation sites (tertiary alicyclic amines) is 1. The summed E-state index contributed by atoms with van der Waals surface area (Å²) in [6.45, 7) is 6.64. The molecular formula is C15H27F3N2. The van der Waals surface area contributed by atoms with Crippen LogP contribution in [0, 0.1) is 11.8 Å². The third-order valence-corrected chi connectivity index (χ3v) is 5.04. The monoisotopic (exact) mass is 292 g/mol. The van der Waals surface area contributed by atoms with E-state index in [9.17, 15) is 13.2 Å². The Labute approximate surface area is 120 Å². The topological polar surface area (TPSA) is 15.3 Å². The Balaban J connectivity index is 1.62. The summed E-state index contributed by atoms with van der Waals surface area (Å²) < 4.78 is 37.8. The first kappa shape index (κ1) is 16.1. The molecule has 0 aromatic rings. The number of halogens is 3. The highest BCUT2D eigenvalue weighted by molar-refractivity contribution is 4.82. The van der Waals surface area contributed by atoms with E-state index < -0.39 is 12.1 Å². The summed E-state index contributed by atoms with van der Waals surface area (Å²) in [5.41, 5.74) is 0. The first-order chi connectivity index (χ1) is 9.49. The summed E-state index contributed by atoms with van der Waals surface area (Å²) in [5.74, 6) is -0.355. The van der Waals surface area contributed by atoms with Crippen molar-refractivity contribution in [3.8, 4) is 0 Å². The van der Waals surface area contributed by atoms with E-state index in [4.69, 9.17) is 0 Å². The van der Waals surface area contributed by atoms with Gasteiger partial charge in [0, 0.05) is 6.04 Å². The molecule has 2 fully saturated rings. The van der Waals surface area contributed by atoms with Crippen LogP contribution in [0.4, 0.5) is 13.2 Å². The molecule has 118 valence electrons. The van der Waals surface area contributed by atoms with Gasteiger partial charge in [-0.1, -0.05) is 6.92 Å². The molecule has 1 N–H and O–H groups in total. The quantitative estimate of drug-likeness (QED) is 0.854. The van der Waals surface area contributed by atoms with Crippen molar-refractivity contribution in [2.45, 2.75) is 57.7 Å². The van der Waals surface area contributed by atoms with Gasteiger partial charge in [-0.15, -0.1) is 0 Å². The zero-order chi connectivity index (χ0) is 14.6. The Morgan fingerprint density at radius 3 is 2.10 bits per heavy atom. The minimum absolute atomic E-state index is 0.301. The van der Waals surface area contributed by atoms with Gasteiger partial charge in [-0.05, 0) is 70.6 Å². The lowest BCUT2D eigenvalue weighted by Crippen LogP contribution is -2.42. The zero-order valence-electron chi connectivity index (χ0n) is 12.4. The fourth-order valence-corrected chi connectivity index (χ4v) is 3.46. The Hall–Kier alpha value is -0.290. The molecule has 1 heterocycles. The van der Waals surface area contributed by atoms with Crippen molar-refractivity contribution < 1.29 is 13.2 Å². The maximum atomic E-state index is 12.6. The van der Waals surface area contributed by atoms with Crippen molar-refractivity contribution in [3.63, 3.8) is 0 Å². The Morgan fingerprint density at radius 1 is 1.00 bits per heavy atom. The molecular weight excluding hydrogens is 265 g/mol. The van der Waals surface area contributed by atoms with E-state index in [1.165, 1.54) is 25.9 Å². The molecule has 2 rings (SSSR count). The lowest BCUT2D eigenvalue weighted by Gasteiger charge is -2.34. The first-order valence-corrected chi connectivity index (χ1v) is 8.01. The van der Waals surface area contributed by atoms with Crippen LogP contribution in [-0.2, 0) is 0 Å². The molecule has 1 aliphatic heterocycles. The predicted molar refractivity (Wildman–Crippen MR) is 74.6 cm³/mol. The number of nitrogens with zero attached hydrogens (tertiary/aromatic N) is 1. The van der Waals surface area contributed by atoms with Gasteiger partial charge in [0.2, 0.25) is 0 Å². The van der Waals surface area contributed by atoms with Crippen molar-refractivity contribution in [2.24, 2.45) is 11.8 Å². The number of hydrogen-bond acceptors (Lipinski definition) is 2. The molecule has 0 amide bonds. The number of rotatable bonds is 4. The molecule has 0 aromatic carbocycles. The van der Waals surface area contributed by atoms with E-state index in [1.54, 1.807) is 0 Å². The second-order valence-electron chi connectivity index (χ2n) is 6.38. The Kier molecular flexibility index (Phi) is 5.73. The summed E-state index contributed by atoms with van der Waals surface area (Å²) in [6, 6.07) is 0.304. The third kappa shape index (κ3) is 4.62. The number of nitrogens with one attached hydrogen (secondary N) is 1. The van der Waals surface area contributed by atoms with Gasteiger partial charge in [-0.2, -0.15) is 13.2 Å². The Bertz CT molecular complexity index is 277.